The third-order valence-corrected chi connectivity index (χ3v) is 7.75. The van der Waals surface area contributed by atoms with Crippen LogP contribution in [0.3, 0.4) is 0 Å². The zero-order valence-corrected chi connectivity index (χ0v) is 15.4. The molecule has 1 heterocycles. The van der Waals surface area contributed by atoms with Gasteiger partial charge in [0.15, 0.2) is 17.3 Å². The number of hydrogen-bond donors (Lipinski definition) is 2. The Bertz CT molecular complexity index is 693. The van der Waals surface area contributed by atoms with Gasteiger partial charge in [0.25, 0.3) is 0 Å². The van der Waals surface area contributed by atoms with Crippen LogP contribution in [0.15, 0.2) is 23.7 Å². The summed E-state index contributed by atoms with van der Waals surface area (Å²) in [6.07, 6.45) is 2.52. The van der Waals surface area contributed by atoms with E-state index in [0.29, 0.717) is 30.8 Å². The Morgan fingerprint density at radius 2 is 2.00 bits per heavy atom. The molecular weight excluding hydrogens is 346 g/mol. The number of halogens is 1. The molecule has 0 radical (unpaired) electrons. The van der Waals surface area contributed by atoms with Gasteiger partial charge in [-0.25, -0.2) is 0 Å². The Labute approximate surface area is 152 Å². The molecule has 0 bridgehead atoms. The van der Waals surface area contributed by atoms with Crippen LogP contribution < -0.4 is 0 Å². The van der Waals surface area contributed by atoms with Crippen LogP contribution >= 0.6 is 11.6 Å². The van der Waals surface area contributed by atoms with Crippen molar-refractivity contribution in [2.24, 2.45) is 10.8 Å². The van der Waals surface area contributed by atoms with E-state index in [4.69, 9.17) is 21.1 Å². The average Bonchev–Trinajstić information content (AvgIpc) is 3.11. The molecule has 0 aromatic rings. The second-order valence-corrected chi connectivity index (χ2v) is 8.17. The number of methoxy groups -OCH3 is 2. The maximum Gasteiger partial charge on any atom is 0.166 e. The molecule has 0 amide bonds. The normalized spacial score (nSPS) is 49.0. The predicted octanol–water partition coefficient (Wildman–Crippen LogP) is 0.813. The van der Waals surface area contributed by atoms with Gasteiger partial charge in [-0.1, -0.05) is 6.08 Å². The van der Waals surface area contributed by atoms with Gasteiger partial charge < -0.3 is 19.7 Å². The van der Waals surface area contributed by atoms with Gasteiger partial charge in [0.2, 0.25) is 0 Å². The zero-order valence-electron chi connectivity index (χ0n) is 14.7. The Morgan fingerprint density at radius 3 is 2.56 bits per heavy atom. The minimum absolute atomic E-state index is 0.152. The lowest BCUT2D eigenvalue weighted by atomic mass is 9.52. The minimum Gasteiger partial charge on any atom is -0.495 e. The average molecular weight is 370 g/mol. The highest BCUT2D eigenvalue weighted by Crippen LogP contribution is 2.74. The Balaban J connectivity index is 2.04. The highest BCUT2D eigenvalue weighted by atomic mass is 35.5. The van der Waals surface area contributed by atoms with Gasteiger partial charge in [-0.15, -0.1) is 11.6 Å². The molecule has 25 heavy (non-hydrogen) atoms. The molecule has 0 aromatic carbocycles. The molecule has 2 N–H and O–H groups in total. The van der Waals surface area contributed by atoms with Crippen molar-refractivity contribution in [3.63, 3.8) is 0 Å². The molecule has 4 aliphatic rings. The van der Waals surface area contributed by atoms with Gasteiger partial charge in [-0.05, 0) is 38.9 Å². The first-order valence-corrected chi connectivity index (χ1v) is 9.04. The standard InChI is InChI=1S/C18H24ClNO5/c1-20-7-6-16-8-10(21)14(24-2)15(25-3)17(16,20)9-11(19)18(16)12(22)4-5-13(18)23/h4-5,10-12,21-22H,6-9H2,1-3H3/t10?,11-,12+,16+,17+,18-/m0/s1. The van der Waals surface area contributed by atoms with Crippen LogP contribution in [0, 0.1) is 10.8 Å². The second-order valence-electron chi connectivity index (χ2n) is 7.64. The lowest BCUT2D eigenvalue weighted by molar-refractivity contribution is -0.146. The van der Waals surface area contributed by atoms with Crippen molar-refractivity contribution in [1.29, 1.82) is 0 Å². The maximum atomic E-state index is 13.0. The van der Waals surface area contributed by atoms with Gasteiger partial charge in [-0.2, -0.15) is 0 Å². The van der Waals surface area contributed by atoms with Crippen LogP contribution in [-0.4, -0.2) is 71.8 Å². The summed E-state index contributed by atoms with van der Waals surface area (Å²) < 4.78 is 11.2. The number of ketones is 1. The van der Waals surface area contributed by atoms with E-state index in [9.17, 15) is 15.0 Å². The molecule has 1 saturated carbocycles. The number of aliphatic hydroxyl groups excluding tert-OH is 2. The quantitative estimate of drug-likeness (QED) is 0.701. The van der Waals surface area contributed by atoms with E-state index in [1.807, 2.05) is 7.05 Å². The van der Waals surface area contributed by atoms with Crippen LogP contribution in [0.5, 0.6) is 0 Å². The van der Waals surface area contributed by atoms with E-state index in [0.717, 1.165) is 6.54 Å². The smallest absolute Gasteiger partial charge is 0.166 e. The number of likely N-dealkylation sites (N-methyl/N-ethyl adjacent to an activating group) is 1. The van der Waals surface area contributed by atoms with Crippen molar-refractivity contribution in [3.05, 3.63) is 23.7 Å². The minimum atomic E-state index is -1.15. The molecule has 1 saturated heterocycles. The largest absolute Gasteiger partial charge is 0.495 e. The monoisotopic (exact) mass is 369 g/mol. The number of alkyl halides is 1. The third-order valence-electron chi connectivity index (χ3n) is 7.25. The van der Waals surface area contributed by atoms with Gasteiger partial charge in [0.05, 0.1) is 36.7 Å². The van der Waals surface area contributed by atoms with Crippen LogP contribution in [0.25, 0.3) is 0 Å². The summed E-state index contributed by atoms with van der Waals surface area (Å²) in [5.74, 6) is 0.768. The fourth-order valence-electron chi connectivity index (χ4n) is 6.41. The lowest BCUT2D eigenvalue weighted by Gasteiger charge is -2.54. The lowest BCUT2D eigenvalue weighted by Crippen LogP contribution is -2.63. The molecule has 6 atom stereocenters. The van der Waals surface area contributed by atoms with E-state index in [1.165, 1.54) is 19.3 Å². The zero-order chi connectivity index (χ0) is 18.2. The van der Waals surface area contributed by atoms with Crippen molar-refractivity contribution in [2.45, 2.75) is 42.4 Å². The van der Waals surface area contributed by atoms with Crippen LogP contribution in [0.1, 0.15) is 19.3 Å². The summed E-state index contributed by atoms with van der Waals surface area (Å²) in [6.45, 7) is 0.724. The second kappa shape index (κ2) is 5.22. The predicted molar refractivity (Wildman–Crippen MR) is 90.9 cm³/mol. The molecule has 0 aromatic heterocycles. The number of nitrogens with zero attached hydrogens (tertiary/aromatic N) is 1. The third kappa shape index (κ3) is 1.57. The summed E-state index contributed by atoms with van der Waals surface area (Å²) in [7, 11) is 5.04. The van der Waals surface area contributed by atoms with E-state index in [2.05, 4.69) is 4.90 Å². The summed E-state index contributed by atoms with van der Waals surface area (Å²) in [5, 5.41) is 21.1. The fourth-order valence-corrected chi connectivity index (χ4v) is 7.08. The van der Waals surface area contributed by atoms with E-state index < -0.39 is 34.0 Å². The SMILES string of the molecule is COC1=C(OC)[C@]23C[C@H](Cl)[C@]4(C(=O)C=C[C@H]4O)[C@]2(CCN3C)CC1O. The van der Waals surface area contributed by atoms with Crippen LogP contribution in [0.2, 0.25) is 0 Å². The van der Waals surface area contributed by atoms with Gasteiger partial charge in [-0.3, -0.25) is 9.69 Å². The summed E-state index contributed by atoms with van der Waals surface area (Å²) in [6, 6.07) is 0. The van der Waals surface area contributed by atoms with E-state index in [-0.39, 0.29) is 5.78 Å². The Kier molecular flexibility index (Phi) is 3.62. The molecule has 4 rings (SSSR count). The van der Waals surface area contributed by atoms with E-state index >= 15 is 0 Å². The van der Waals surface area contributed by atoms with Crippen molar-refractivity contribution >= 4 is 17.4 Å². The first-order chi connectivity index (χ1) is 11.8. The number of hydrogen-bond acceptors (Lipinski definition) is 6. The molecule has 1 unspecified atom stereocenters. The van der Waals surface area contributed by atoms with Crippen LogP contribution in [0.4, 0.5) is 0 Å². The highest BCUT2D eigenvalue weighted by Gasteiger charge is 2.82. The molecule has 138 valence electrons. The van der Waals surface area contributed by atoms with Crippen molar-refractivity contribution < 1.29 is 24.5 Å². The number of carbonyl (C=O) groups excluding carboxylic acids is 1. The van der Waals surface area contributed by atoms with Crippen LogP contribution in [-0.2, 0) is 14.3 Å². The first kappa shape index (κ1) is 17.3. The number of carbonyl (C=O) groups is 1. The number of allylic oxidation sites excluding steroid dienone is 1. The molecule has 3 aliphatic carbocycles. The summed E-state index contributed by atoms with van der Waals surface area (Å²) in [4.78, 5) is 15.2. The van der Waals surface area contributed by atoms with Gasteiger partial charge in [0, 0.05) is 5.41 Å². The number of ether oxygens (including phenoxy) is 2. The number of rotatable bonds is 2. The van der Waals surface area contributed by atoms with E-state index in [1.54, 1.807) is 7.11 Å². The molecule has 6 nitrogen and oxygen atoms in total. The molecule has 1 spiro atoms. The summed E-state index contributed by atoms with van der Waals surface area (Å²) in [5.41, 5.74) is -2.54. The molecule has 7 heteroatoms. The molecule has 2 fully saturated rings. The molecular formula is C18H24ClNO5. The molecule has 1 aliphatic heterocycles. The maximum absolute atomic E-state index is 13.0. The van der Waals surface area contributed by atoms with Crippen molar-refractivity contribution in [2.75, 3.05) is 27.8 Å². The topological polar surface area (TPSA) is 79.2 Å². The summed E-state index contributed by atoms with van der Waals surface area (Å²) >= 11 is 6.81. The van der Waals surface area contributed by atoms with Crippen molar-refractivity contribution in [1.82, 2.24) is 4.90 Å². The van der Waals surface area contributed by atoms with Gasteiger partial charge >= 0.3 is 0 Å². The Morgan fingerprint density at radius 1 is 1.28 bits per heavy atom. The van der Waals surface area contributed by atoms with Gasteiger partial charge in [0.1, 0.15) is 6.10 Å². The fraction of sp³-hybridized carbons (Fsp3) is 0.722. The highest BCUT2D eigenvalue weighted by molar-refractivity contribution is 6.25. The first-order valence-electron chi connectivity index (χ1n) is 8.60. The number of aliphatic hydroxyl groups is 2. The van der Waals surface area contributed by atoms with Crippen molar-refractivity contribution in [3.8, 4) is 0 Å². The Hall–Kier alpha value is -1.08. The number of likely N-dealkylation sites (tertiary alicyclic amines) is 1.